The van der Waals surface area contributed by atoms with Crippen molar-refractivity contribution in [3.8, 4) is 0 Å². The van der Waals surface area contributed by atoms with Crippen LogP contribution in [0.15, 0.2) is 0 Å². The number of alkyl halides is 1. The minimum absolute atomic E-state index is 0. The number of hydrogen-bond acceptors (Lipinski definition) is 7. The topological polar surface area (TPSA) is 102 Å². The number of ether oxygens (including phenoxy) is 1. The summed E-state index contributed by atoms with van der Waals surface area (Å²) >= 11 is 7.55. The Morgan fingerprint density at radius 2 is 1.96 bits per heavy atom. The highest BCUT2D eigenvalue weighted by molar-refractivity contribution is 7.99. The predicted molar refractivity (Wildman–Crippen MR) is 114 cm³/mol. The lowest BCUT2D eigenvalue weighted by Gasteiger charge is -2.44. The molecule has 0 aromatic carbocycles. The Balaban J connectivity index is 0.00000392. The van der Waals surface area contributed by atoms with E-state index in [4.69, 9.17) is 16.3 Å². The third kappa shape index (κ3) is 5.88. The van der Waals surface area contributed by atoms with Crippen LogP contribution < -0.4 is 5.32 Å². The van der Waals surface area contributed by atoms with Crippen LogP contribution in [0.25, 0.3) is 0 Å². The van der Waals surface area contributed by atoms with Crippen LogP contribution in [0.2, 0.25) is 0 Å². The highest BCUT2D eigenvalue weighted by Crippen LogP contribution is 2.31. The number of likely N-dealkylation sites (tertiary alicyclic amines) is 1. The van der Waals surface area contributed by atoms with Gasteiger partial charge in [-0.05, 0) is 39.0 Å². The summed E-state index contributed by atoms with van der Waals surface area (Å²) in [5, 5.41) is 33.0. The van der Waals surface area contributed by atoms with Gasteiger partial charge < -0.3 is 25.4 Å². The SMILES string of the molecule is CCCC1C[C@@H](C(=O)NC(C(C)Cl)C2OC(SC)C(O)C(O)C2O)N(C)C1.Cl. The Morgan fingerprint density at radius 3 is 2.50 bits per heavy atom. The fourth-order valence-corrected chi connectivity index (χ4v) is 5.00. The molecule has 4 N–H and O–H groups in total. The maximum Gasteiger partial charge on any atom is 0.237 e. The monoisotopic (exact) mass is 460 g/mol. The molecule has 2 fully saturated rings. The van der Waals surface area contributed by atoms with Crippen molar-refractivity contribution < 1.29 is 24.9 Å². The number of likely N-dealkylation sites (N-methyl/N-ethyl adjacent to an activating group) is 1. The number of aliphatic hydroxyl groups excluding tert-OH is 3. The second kappa shape index (κ2) is 11.6. The largest absolute Gasteiger partial charge is 0.388 e. The fourth-order valence-electron chi connectivity index (χ4n) is 4.11. The van der Waals surface area contributed by atoms with Gasteiger partial charge in [-0.3, -0.25) is 9.69 Å². The molecule has 166 valence electrons. The van der Waals surface area contributed by atoms with Crippen LogP contribution >= 0.6 is 35.8 Å². The lowest BCUT2D eigenvalue weighted by Crippen LogP contribution is -2.65. The average Bonchev–Trinajstić information content (AvgIpc) is 2.99. The number of carbonyl (C=O) groups is 1. The number of nitrogens with zero attached hydrogens (tertiary/aromatic N) is 1. The van der Waals surface area contributed by atoms with Crippen molar-refractivity contribution in [3.05, 3.63) is 0 Å². The van der Waals surface area contributed by atoms with Gasteiger partial charge in [0.2, 0.25) is 5.91 Å². The van der Waals surface area contributed by atoms with Crippen molar-refractivity contribution >= 4 is 41.7 Å². The van der Waals surface area contributed by atoms with Crippen LogP contribution in [0, 0.1) is 5.92 Å². The number of amides is 1. The van der Waals surface area contributed by atoms with E-state index in [-0.39, 0.29) is 24.4 Å². The summed E-state index contributed by atoms with van der Waals surface area (Å²) in [5.74, 6) is 0.350. The van der Waals surface area contributed by atoms with E-state index in [1.807, 2.05) is 11.9 Å². The molecule has 10 heteroatoms. The van der Waals surface area contributed by atoms with Crippen molar-refractivity contribution in [2.75, 3.05) is 19.8 Å². The van der Waals surface area contributed by atoms with Crippen LogP contribution in [0.4, 0.5) is 0 Å². The Kier molecular flexibility index (Phi) is 10.8. The maximum absolute atomic E-state index is 12.9. The van der Waals surface area contributed by atoms with E-state index in [1.165, 1.54) is 11.8 Å². The molecule has 2 heterocycles. The first-order valence-corrected chi connectivity index (χ1v) is 11.3. The second-order valence-electron chi connectivity index (χ2n) is 7.73. The van der Waals surface area contributed by atoms with Gasteiger partial charge >= 0.3 is 0 Å². The van der Waals surface area contributed by atoms with Crippen molar-refractivity contribution in [3.63, 3.8) is 0 Å². The summed E-state index contributed by atoms with van der Waals surface area (Å²) in [7, 11) is 1.94. The highest BCUT2D eigenvalue weighted by Gasteiger charge is 2.48. The molecule has 0 radical (unpaired) electrons. The van der Waals surface area contributed by atoms with E-state index in [0.29, 0.717) is 5.92 Å². The predicted octanol–water partition coefficient (Wildman–Crippen LogP) is 0.811. The molecule has 0 saturated carbocycles. The number of hydrogen-bond donors (Lipinski definition) is 4. The minimum Gasteiger partial charge on any atom is -0.388 e. The molecule has 2 aliphatic heterocycles. The van der Waals surface area contributed by atoms with E-state index in [9.17, 15) is 20.1 Å². The molecule has 2 aliphatic rings. The molecular weight excluding hydrogens is 427 g/mol. The van der Waals surface area contributed by atoms with Gasteiger partial charge in [0.15, 0.2) is 0 Å². The third-order valence-corrected chi connectivity index (χ3v) is 6.76. The van der Waals surface area contributed by atoms with Crippen molar-refractivity contribution in [2.45, 2.75) is 80.4 Å². The summed E-state index contributed by atoms with van der Waals surface area (Å²) in [4.78, 5) is 14.9. The fraction of sp³-hybridized carbons (Fsp3) is 0.944. The lowest BCUT2D eigenvalue weighted by molar-refractivity contribution is -0.205. The van der Waals surface area contributed by atoms with Gasteiger partial charge in [-0.2, -0.15) is 0 Å². The highest BCUT2D eigenvalue weighted by atomic mass is 35.5. The first-order valence-electron chi connectivity index (χ1n) is 9.58. The maximum atomic E-state index is 12.9. The van der Waals surface area contributed by atoms with Crippen LogP contribution in [0.1, 0.15) is 33.1 Å². The summed E-state index contributed by atoms with van der Waals surface area (Å²) < 4.78 is 5.79. The van der Waals surface area contributed by atoms with Gasteiger partial charge in [0.05, 0.1) is 17.5 Å². The third-order valence-electron chi connectivity index (χ3n) is 5.63. The van der Waals surface area contributed by atoms with E-state index in [2.05, 4.69) is 12.2 Å². The zero-order valence-corrected chi connectivity index (χ0v) is 19.2. The van der Waals surface area contributed by atoms with Crippen molar-refractivity contribution in [1.82, 2.24) is 10.2 Å². The van der Waals surface area contributed by atoms with Gasteiger partial charge in [0, 0.05) is 6.54 Å². The quantitative estimate of drug-likeness (QED) is 0.416. The molecule has 28 heavy (non-hydrogen) atoms. The standard InChI is InChI=1S/C18H33ClN2O5S.ClH/c1-5-6-10-7-11(21(3)8-10)17(25)20-12(9(2)19)16-14(23)13(22)15(24)18(26-16)27-4;/h9-16,18,22-24H,5-8H2,1-4H3,(H,20,25);1H/t9?,10?,11-,12?,13?,14?,15?,16?,18?;/m0./s1. The van der Waals surface area contributed by atoms with Gasteiger partial charge in [0.1, 0.15) is 29.9 Å². The second-order valence-corrected chi connectivity index (χ2v) is 9.36. The number of halogens is 2. The first-order chi connectivity index (χ1) is 12.7. The zero-order valence-electron chi connectivity index (χ0n) is 16.8. The molecule has 0 aromatic heterocycles. The molecule has 9 atom stereocenters. The van der Waals surface area contributed by atoms with Gasteiger partial charge in [-0.15, -0.1) is 35.8 Å². The summed E-state index contributed by atoms with van der Waals surface area (Å²) in [6.45, 7) is 4.74. The van der Waals surface area contributed by atoms with E-state index < -0.39 is 41.3 Å². The molecule has 8 unspecified atom stereocenters. The Morgan fingerprint density at radius 1 is 1.32 bits per heavy atom. The summed E-state index contributed by atoms with van der Waals surface area (Å²) in [5.41, 5.74) is -0.702. The number of carbonyl (C=O) groups excluding carboxylic acids is 1. The van der Waals surface area contributed by atoms with Crippen LogP contribution in [-0.4, -0.2) is 93.3 Å². The Labute approximate surface area is 182 Å². The van der Waals surface area contributed by atoms with Crippen LogP contribution in [0.5, 0.6) is 0 Å². The van der Waals surface area contributed by atoms with Crippen molar-refractivity contribution in [1.29, 1.82) is 0 Å². The number of rotatable bonds is 7. The number of aliphatic hydroxyl groups is 3. The normalized spacial score (nSPS) is 38.5. The summed E-state index contributed by atoms with van der Waals surface area (Å²) in [6.07, 6.45) is -0.0980. The van der Waals surface area contributed by atoms with Gasteiger partial charge in [-0.1, -0.05) is 13.3 Å². The molecule has 2 saturated heterocycles. The van der Waals surface area contributed by atoms with Crippen LogP contribution in [0.3, 0.4) is 0 Å². The summed E-state index contributed by atoms with van der Waals surface area (Å²) in [6, 6.07) is -0.934. The minimum atomic E-state index is -1.36. The number of thioether (sulfide) groups is 1. The molecule has 7 nitrogen and oxygen atoms in total. The van der Waals surface area contributed by atoms with Gasteiger partial charge in [0.25, 0.3) is 0 Å². The smallest absolute Gasteiger partial charge is 0.237 e. The zero-order chi connectivity index (χ0) is 20.3. The molecule has 0 bridgehead atoms. The van der Waals surface area contributed by atoms with Gasteiger partial charge in [-0.25, -0.2) is 0 Å². The number of nitrogens with one attached hydrogen (secondary N) is 1. The van der Waals surface area contributed by atoms with Crippen LogP contribution in [-0.2, 0) is 9.53 Å². The Hall–Kier alpha value is 0.200. The average molecular weight is 461 g/mol. The molecule has 0 aliphatic carbocycles. The molecule has 1 amide bonds. The van der Waals surface area contributed by atoms with E-state index >= 15 is 0 Å². The van der Waals surface area contributed by atoms with E-state index in [1.54, 1.807) is 13.2 Å². The Bertz CT molecular complexity index is 503. The molecule has 2 rings (SSSR count). The van der Waals surface area contributed by atoms with Crippen molar-refractivity contribution in [2.24, 2.45) is 5.92 Å². The molecular formula is C18H34Cl2N2O5S. The molecule has 0 aromatic rings. The van der Waals surface area contributed by atoms with E-state index in [0.717, 1.165) is 25.8 Å². The molecule has 0 spiro atoms. The lowest BCUT2D eigenvalue weighted by atomic mass is 9.92. The first kappa shape index (κ1) is 26.2.